The Morgan fingerprint density at radius 1 is 1.38 bits per heavy atom. The topological polar surface area (TPSA) is 55.6 Å². The molecule has 1 amide bonds. The average molecular weight is 224 g/mol. The minimum Gasteiger partial charge on any atom is -0.448 e. The molecular weight excluding hydrogens is 211 g/mol. The summed E-state index contributed by atoms with van der Waals surface area (Å²) >= 11 is 0. The summed E-state index contributed by atoms with van der Waals surface area (Å²) in [5.41, 5.74) is 6.91. The second-order valence-corrected chi connectivity index (χ2v) is 3.71. The molecule has 86 valence electrons. The van der Waals surface area contributed by atoms with E-state index in [1.54, 1.807) is 6.07 Å². The summed E-state index contributed by atoms with van der Waals surface area (Å²) in [6.45, 7) is 1.60. The first-order valence-corrected chi connectivity index (χ1v) is 5.09. The Bertz CT molecular complexity index is 409. The van der Waals surface area contributed by atoms with Crippen LogP contribution in [0.5, 0.6) is 0 Å². The number of hydrogen-bond acceptors (Lipinski definition) is 3. The highest BCUT2D eigenvalue weighted by molar-refractivity contribution is 5.69. The smallest absolute Gasteiger partial charge is 0.410 e. The number of nitrogens with zero attached hydrogens (tertiary/aromatic N) is 1. The van der Waals surface area contributed by atoms with Crippen LogP contribution in [0.1, 0.15) is 11.1 Å². The van der Waals surface area contributed by atoms with Gasteiger partial charge in [0.25, 0.3) is 0 Å². The lowest BCUT2D eigenvalue weighted by Gasteiger charge is -2.13. The van der Waals surface area contributed by atoms with Gasteiger partial charge in [0.2, 0.25) is 0 Å². The Labute approximate surface area is 92.8 Å². The van der Waals surface area contributed by atoms with Gasteiger partial charge in [0.05, 0.1) is 6.54 Å². The Balaban J connectivity index is 2.14. The predicted octanol–water partition coefficient (Wildman–Crippen LogP) is 1.24. The SMILES string of the molecule is NCc1cc(F)cc(CN2CCOC2=O)c1. The van der Waals surface area contributed by atoms with Crippen LogP contribution in [-0.4, -0.2) is 24.1 Å². The lowest BCUT2D eigenvalue weighted by atomic mass is 10.1. The van der Waals surface area contributed by atoms with Crippen LogP contribution in [0.2, 0.25) is 0 Å². The molecular formula is C11H13FN2O2. The van der Waals surface area contributed by atoms with E-state index in [9.17, 15) is 9.18 Å². The molecule has 1 heterocycles. The van der Waals surface area contributed by atoms with Gasteiger partial charge in [0.15, 0.2) is 0 Å². The molecule has 1 aliphatic rings. The highest BCUT2D eigenvalue weighted by Crippen LogP contribution is 2.14. The molecule has 0 aliphatic carbocycles. The molecule has 2 rings (SSSR count). The van der Waals surface area contributed by atoms with E-state index in [0.717, 1.165) is 11.1 Å². The highest BCUT2D eigenvalue weighted by atomic mass is 19.1. The average Bonchev–Trinajstić information content (AvgIpc) is 2.63. The maximum absolute atomic E-state index is 13.2. The van der Waals surface area contributed by atoms with Crippen molar-refractivity contribution in [3.63, 3.8) is 0 Å². The number of amides is 1. The van der Waals surface area contributed by atoms with Crippen LogP contribution in [0, 0.1) is 5.82 Å². The fourth-order valence-corrected chi connectivity index (χ4v) is 1.72. The van der Waals surface area contributed by atoms with E-state index in [4.69, 9.17) is 10.5 Å². The predicted molar refractivity (Wildman–Crippen MR) is 56.0 cm³/mol. The molecule has 0 unspecified atom stereocenters. The molecule has 1 saturated heterocycles. The molecule has 1 aliphatic heterocycles. The number of carbonyl (C=O) groups is 1. The minimum atomic E-state index is -0.349. The zero-order valence-electron chi connectivity index (χ0n) is 8.78. The van der Waals surface area contributed by atoms with Crippen molar-refractivity contribution in [1.29, 1.82) is 0 Å². The third-order valence-corrected chi connectivity index (χ3v) is 2.47. The molecule has 0 spiro atoms. The zero-order valence-corrected chi connectivity index (χ0v) is 8.78. The number of rotatable bonds is 3. The Morgan fingerprint density at radius 3 is 2.75 bits per heavy atom. The largest absolute Gasteiger partial charge is 0.448 e. The summed E-state index contributed by atoms with van der Waals surface area (Å²) in [5, 5.41) is 0. The number of hydrogen-bond donors (Lipinski definition) is 1. The first-order chi connectivity index (χ1) is 7.69. The van der Waals surface area contributed by atoms with Gasteiger partial charge in [-0.3, -0.25) is 0 Å². The summed E-state index contributed by atoms with van der Waals surface area (Å²) in [4.78, 5) is 12.7. The van der Waals surface area contributed by atoms with Gasteiger partial charge >= 0.3 is 6.09 Å². The summed E-state index contributed by atoms with van der Waals surface area (Å²) in [7, 11) is 0. The van der Waals surface area contributed by atoms with Gasteiger partial charge in [0, 0.05) is 13.1 Å². The second kappa shape index (κ2) is 4.49. The number of ether oxygens (including phenoxy) is 1. The van der Waals surface area contributed by atoms with Crippen molar-refractivity contribution in [3.05, 3.63) is 35.1 Å². The maximum atomic E-state index is 13.2. The van der Waals surface area contributed by atoms with Gasteiger partial charge in [0.1, 0.15) is 12.4 Å². The van der Waals surface area contributed by atoms with Crippen molar-refractivity contribution in [2.24, 2.45) is 5.73 Å². The maximum Gasteiger partial charge on any atom is 0.410 e. The van der Waals surface area contributed by atoms with Gasteiger partial charge in [-0.1, -0.05) is 6.07 Å². The van der Waals surface area contributed by atoms with Crippen molar-refractivity contribution >= 4 is 6.09 Å². The van der Waals surface area contributed by atoms with Gasteiger partial charge in [-0.05, 0) is 23.3 Å². The Hall–Kier alpha value is -1.62. The molecule has 0 bridgehead atoms. The van der Waals surface area contributed by atoms with E-state index in [2.05, 4.69) is 0 Å². The van der Waals surface area contributed by atoms with Crippen LogP contribution in [0.4, 0.5) is 9.18 Å². The van der Waals surface area contributed by atoms with Gasteiger partial charge in [-0.25, -0.2) is 9.18 Å². The van der Waals surface area contributed by atoms with Crippen LogP contribution in [0.3, 0.4) is 0 Å². The first kappa shape index (κ1) is 10.9. The Kier molecular flexibility index (Phi) is 3.05. The quantitative estimate of drug-likeness (QED) is 0.840. The molecule has 16 heavy (non-hydrogen) atoms. The second-order valence-electron chi connectivity index (χ2n) is 3.71. The number of cyclic esters (lactones) is 1. The van der Waals surface area contributed by atoms with E-state index in [-0.39, 0.29) is 18.5 Å². The van der Waals surface area contributed by atoms with Crippen LogP contribution >= 0.6 is 0 Å². The summed E-state index contributed by atoms with van der Waals surface area (Å²) < 4.78 is 18.0. The van der Waals surface area contributed by atoms with E-state index >= 15 is 0 Å². The molecule has 0 saturated carbocycles. The lowest BCUT2D eigenvalue weighted by Crippen LogP contribution is -2.23. The molecule has 1 aromatic rings. The summed E-state index contributed by atoms with van der Waals surface area (Å²) in [6, 6.07) is 4.60. The molecule has 1 aromatic carbocycles. The first-order valence-electron chi connectivity index (χ1n) is 5.09. The summed E-state index contributed by atoms with van der Waals surface area (Å²) in [6.07, 6.45) is -0.349. The molecule has 5 heteroatoms. The molecule has 4 nitrogen and oxygen atoms in total. The van der Waals surface area contributed by atoms with Crippen LogP contribution in [-0.2, 0) is 17.8 Å². The molecule has 0 atom stereocenters. The minimum absolute atomic E-state index is 0.287. The van der Waals surface area contributed by atoms with Crippen LogP contribution in [0.15, 0.2) is 18.2 Å². The zero-order chi connectivity index (χ0) is 11.5. The number of nitrogens with two attached hydrogens (primary N) is 1. The van der Waals surface area contributed by atoms with E-state index in [0.29, 0.717) is 19.7 Å². The van der Waals surface area contributed by atoms with Crippen molar-refractivity contribution < 1.29 is 13.9 Å². The molecule has 1 fully saturated rings. The van der Waals surface area contributed by atoms with Gasteiger partial charge < -0.3 is 15.4 Å². The Morgan fingerprint density at radius 2 is 2.12 bits per heavy atom. The van der Waals surface area contributed by atoms with Crippen molar-refractivity contribution in [2.45, 2.75) is 13.1 Å². The van der Waals surface area contributed by atoms with Crippen LogP contribution in [0.25, 0.3) is 0 Å². The molecule has 0 radical (unpaired) electrons. The molecule has 0 aromatic heterocycles. The fraction of sp³-hybridized carbons (Fsp3) is 0.364. The van der Waals surface area contributed by atoms with Gasteiger partial charge in [-0.2, -0.15) is 0 Å². The van der Waals surface area contributed by atoms with E-state index < -0.39 is 0 Å². The number of carbonyl (C=O) groups excluding carboxylic acids is 1. The van der Waals surface area contributed by atoms with E-state index in [1.165, 1.54) is 17.0 Å². The third kappa shape index (κ3) is 2.30. The molecule has 2 N–H and O–H groups in total. The van der Waals surface area contributed by atoms with Gasteiger partial charge in [-0.15, -0.1) is 0 Å². The normalized spacial score (nSPS) is 15.4. The van der Waals surface area contributed by atoms with E-state index in [1.807, 2.05) is 0 Å². The van der Waals surface area contributed by atoms with Crippen molar-refractivity contribution in [2.75, 3.05) is 13.2 Å². The summed E-state index contributed by atoms with van der Waals surface area (Å²) in [5.74, 6) is -0.328. The standard InChI is InChI=1S/C11H13FN2O2/c12-10-4-8(6-13)3-9(5-10)7-14-1-2-16-11(14)15/h3-5H,1-2,6-7,13H2. The van der Waals surface area contributed by atoms with Crippen molar-refractivity contribution in [1.82, 2.24) is 4.90 Å². The number of halogens is 1. The third-order valence-electron chi connectivity index (χ3n) is 2.47. The number of benzene rings is 1. The monoisotopic (exact) mass is 224 g/mol. The van der Waals surface area contributed by atoms with Crippen molar-refractivity contribution in [3.8, 4) is 0 Å². The lowest BCUT2D eigenvalue weighted by molar-refractivity contribution is 0.157. The fourth-order valence-electron chi connectivity index (χ4n) is 1.72. The van der Waals surface area contributed by atoms with Crippen LogP contribution < -0.4 is 5.73 Å². The highest BCUT2D eigenvalue weighted by Gasteiger charge is 2.21.